The maximum Gasteiger partial charge on any atom is 0.246 e. The summed E-state index contributed by atoms with van der Waals surface area (Å²) in [7, 11) is 0. The molecule has 4 bridgehead atoms. The lowest BCUT2D eigenvalue weighted by atomic mass is 9.49. The lowest BCUT2D eigenvalue weighted by Crippen LogP contribution is -2.56. The van der Waals surface area contributed by atoms with Crippen molar-refractivity contribution in [2.24, 2.45) is 23.2 Å². The van der Waals surface area contributed by atoms with Gasteiger partial charge in [-0.05, 0) is 94.4 Å². The highest BCUT2D eigenvalue weighted by Gasteiger charge is 2.54. The van der Waals surface area contributed by atoms with Crippen LogP contribution in [0.2, 0.25) is 0 Å². The monoisotopic (exact) mass is 370 g/mol. The Morgan fingerprint density at radius 3 is 2.15 bits per heavy atom. The zero-order valence-electron chi connectivity index (χ0n) is 16.3. The smallest absolute Gasteiger partial charge is 0.246 e. The van der Waals surface area contributed by atoms with Crippen molar-refractivity contribution in [2.75, 3.05) is 11.9 Å². The molecule has 1 aromatic carbocycles. The Morgan fingerprint density at radius 2 is 1.63 bits per heavy atom. The molecule has 0 spiro atoms. The standard InChI is InChI=1S/C22H30N2O3/c1-3-27-19-6-4-18(5-7-19)24-20(25)14(2)23-21(26)22-11-15-8-16(12-22)10-17(9-15)13-22/h4-7,14-17H,3,8-13H2,1-2H3,(H,23,26)(H,24,25)/t14-,15?,16?,17?,22?/m0/s1. The second kappa shape index (κ2) is 7.17. The van der Waals surface area contributed by atoms with Gasteiger partial charge in [0, 0.05) is 11.1 Å². The maximum atomic E-state index is 13.1. The number of benzene rings is 1. The van der Waals surface area contributed by atoms with Crippen LogP contribution in [0.15, 0.2) is 24.3 Å². The van der Waals surface area contributed by atoms with Crippen molar-refractivity contribution in [1.29, 1.82) is 0 Å². The van der Waals surface area contributed by atoms with Crippen LogP contribution in [0, 0.1) is 23.2 Å². The number of anilines is 1. The topological polar surface area (TPSA) is 67.4 Å². The van der Waals surface area contributed by atoms with Gasteiger partial charge in [0.05, 0.1) is 6.61 Å². The summed E-state index contributed by atoms with van der Waals surface area (Å²) in [5.41, 5.74) is 0.488. The van der Waals surface area contributed by atoms with Crippen LogP contribution in [-0.4, -0.2) is 24.5 Å². The largest absolute Gasteiger partial charge is 0.494 e. The van der Waals surface area contributed by atoms with Crippen molar-refractivity contribution in [1.82, 2.24) is 5.32 Å². The van der Waals surface area contributed by atoms with E-state index in [0.717, 1.165) is 42.8 Å². The van der Waals surface area contributed by atoms with E-state index in [1.807, 2.05) is 31.2 Å². The molecule has 5 rings (SSSR count). The third-order valence-electron chi connectivity index (χ3n) is 6.69. The van der Waals surface area contributed by atoms with Gasteiger partial charge in [-0.25, -0.2) is 0 Å². The molecule has 0 unspecified atom stereocenters. The van der Waals surface area contributed by atoms with Crippen LogP contribution in [-0.2, 0) is 9.59 Å². The highest BCUT2D eigenvalue weighted by Crippen LogP contribution is 2.60. The Balaban J connectivity index is 1.35. The van der Waals surface area contributed by atoms with Gasteiger partial charge in [0.25, 0.3) is 0 Å². The van der Waals surface area contributed by atoms with E-state index >= 15 is 0 Å². The van der Waals surface area contributed by atoms with Gasteiger partial charge in [-0.1, -0.05) is 0 Å². The lowest BCUT2D eigenvalue weighted by Gasteiger charge is -2.55. The average molecular weight is 370 g/mol. The molecule has 1 atom stereocenters. The summed E-state index contributed by atoms with van der Waals surface area (Å²) >= 11 is 0. The van der Waals surface area contributed by atoms with E-state index in [2.05, 4.69) is 10.6 Å². The van der Waals surface area contributed by atoms with Crippen molar-refractivity contribution in [2.45, 2.75) is 58.4 Å². The van der Waals surface area contributed by atoms with Gasteiger partial charge in [0.2, 0.25) is 11.8 Å². The molecule has 0 radical (unpaired) electrons. The number of carbonyl (C=O) groups is 2. The van der Waals surface area contributed by atoms with Crippen LogP contribution in [0.25, 0.3) is 0 Å². The summed E-state index contributed by atoms with van der Waals surface area (Å²) in [6, 6.07) is 6.75. The normalized spacial score (nSPS) is 32.0. The van der Waals surface area contributed by atoms with Crippen molar-refractivity contribution >= 4 is 17.5 Å². The quantitative estimate of drug-likeness (QED) is 0.801. The fourth-order valence-corrected chi connectivity index (χ4v) is 5.86. The van der Waals surface area contributed by atoms with E-state index in [1.54, 1.807) is 6.92 Å². The van der Waals surface area contributed by atoms with Crippen LogP contribution in [0.4, 0.5) is 5.69 Å². The Morgan fingerprint density at radius 1 is 1.07 bits per heavy atom. The minimum atomic E-state index is -0.544. The van der Waals surface area contributed by atoms with E-state index in [4.69, 9.17) is 4.74 Å². The molecule has 1 aromatic rings. The van der Waals surface area contributed by atoms with Gasteiger partial charge in [-0.3, -0.25) is 9.59 Å². The number of hydrogen-bond donors (Lipinski definition) is 2. The third kappa shape index (κ3) is 3.69. The Hall–Kier alpha value is -2.04. The molecule has 2 N–H and O–H groups in total. The van der Waals surface area contributed by atoms with Crippen molar-refractivity contribution in [3.05, 3.63) is 24.3 Å². The highest BCUT2D eigenvalue weighted by molar-refractivity contribution is 5.97. The van der Waals surface area contributed by atoms with Crippen molar-refractivity contribution in [3.63, 3.8) is 0 Å². The van der Waals surface area contributed by atoms with Gasteiger partial charge in [-0.15, -0.1) is 0 Å². The van der Waals surface area contributed by atoms with E-state index < -0.39 is 6.04 Å². The van der Waals surface area contributed by atoms with Crippen molar-refractivity contribution in [3.8, 4) is 5.75 Å². The Labute approximate surface area is 161 Å². The van der Waals surface area contributed by atoms with E-state index in [0.29, 0.717) is 12.3 Å². The summed E-state index contributed by atoms with van der Waals surface area (Å²) in [6.45, 7) is 4.31. The molecule has 4 saturated carbocycles. The number of carbonyl (C=O) groups excluding carboxylic acids is 2. The summed E-state index contributed by atoms with van der Waals surface area (Å²) in [5.74, 6) is 2.84. The summed E-state index contributed by atoms with van der Waals surface area (Å²) in [4.78, 5) is 25.6. The molecule has 5 nitrogen and oxygen atoms in total. The number of amides is 2. The molecular formula is C22H30N2O3. The second-order valence-electron chi connectivity index (χ2n) is 8.84. The first-order valence-corrected chi connectivity index (χ1v) is 10.3. The molecule has 0 aromatic heterocycles. The molecule has 4 aliphatic carbocycles. The molecule has 146 valence electrons. The predicted molar refractivity (Wildman–Crippen MR) is 104 cm³/mol. The van der Waals surface area contributed by atoms with Crippen LogP contribution < -0.4 is 15.4 Å². The predicted octanol–water partition coefficient (Wildman–Crippen LogP) is 3.74. The molecule has 4 fully saturated rings. The first-order chi connectivity index (χ1) is 13.0. The fraction of sp³-hybridized carbons (Fsp3) is 0.636. The number of nitrogens with one attached hydrogen (secondary N) is 2. The Bertz CT molecular complexity index is 677. The molecule has 5 heteroatoms. The van der Waals surface area contributed by atoms with E-state index in [1.165, 1.54) is 19.3 Å². The minimum Gasteiger partial charge on any atom is -0.494 e. The second-order valence-corrected chi connectivity index (χ2v) is 8.84. The Kier molecular flexibility index (Phi) is 4.87. The van der Waals surface area contributed by atoms with E-state index in [-0.39, 0.29) is 17.2 Å². The molecule has 0 saturated heterocycles. The number of rotatable bonds is 6. The summed E-state index contributed by atoms with van der Waals surface area (Å²) in [5, 5.41) is 5.89. The minimum absolute atomic E-state index is 0.0935. The zero-order valence-corrected chi connectivity index (χ0v) is 16.3. The first kappa shape index (κ1) is 18.3. The number of ether oxygens (including phenoxy) is 1. The van der Waals surface area contributed by atoms with Crippen molar-refractivity contribution < 1.29 is 14.3 Å². The summed E-state index contributed by atoms with van der Waals surface area (Å²) in [6.07, 6.45) is 6.95. The first-order valence-electron chi connectivity index (χ1n) is 10.3. The van der Waals surface area contributed by atoms with Gasteiger partial charge in [0.15, 0.2) is 0 Å². The molecule has 0 heterocycles. The SMILES string of the molecule is CCOc1ccc(NC(=O)[C@H](C)NC(=O)C23CC4CC(CC(C4)C2)C3)cc1. The van der Waals surface area contributed by atoms with Crippen LogP contribution in [0.5, 0.6) is 5.75 Å². The van der Waals surface area contributed by atoms with Gasteiger partial charge >= 0.3 is 0 Å². The van der Waals surface area contributed by atoms with E-state index in [9.17, 15) is 9.59 Å². The molecular weight excluding hydrogens is 340 g/mol. The molecule has 27 heavy (non-hydrogen) atoms. The lowest BCUT2D eigenvalue weighted by molar-refractivity contribution is -0.147. The fourth-order valence-electron chi connectivity index (χ4n) is 5.86. The molecule has 0 aliphatic heterocycles. The van der Waals surface area contributed by atoms with Gasteiger partial charge in [-0.2, -0.15) is 0 Å². The molecule has 4 aliphatic rings. The van der Waals surface area contributed by atoms with Crippen LogP contribution in [0.3, 0.4) is 0 Å². The summed E-state index contributed by atoms with van der Waals surface area (Å²) < 4.78 is 5.41. The zero-order chi connectivity index (χ0) is 19.0. The third-order valence-corrected chi connectivity index (χ3v) is 6.69. The van der Waals surface area contributed by atoms with Crippen LogP contribution >= 0.6 is 0 Å². The van der Waals surface area contributed by atoms with Crippen LogP contribution in [0.1, 0.15) is 52.4 Å². The highest BCUT2D eigenvalue weighted by atomic mass is 16.5. The van der Waals surface area contributed by atoms with Gasteiger partial charge in [0.1, 0.15) is 11.8 Å². The number of hydrogen-bond acceptors (Lipinski definition) is 3. The average Bonchev–Trinajstić information content (AvgIpc) is 2.62. The van der Waals surface area contributed by atoms with Gasteiger partial charge < -0.3 is 15.4 Å². The maximum absolute atomic E-state index is 13.1. The molecule has 2 amide bonds.